The number of aryl methyl sites for hydroxylation is 1. The SMILES string of the molecule is Cc1cc(C(O)C(CC(=O)O)NC2CC2)ccc1F. The fourth-order valence-corrected chi connectivity index (χ4v) is 2.09. The lowest BCUT2D eigenvalue weighted by atomic mass is 9.98. The monoisotopic (exact) mass is 267 g/mol. The number of aliphatic hydroxyl groups is 1. The minimum atomic E-state index is -0.962. The normalized spacial score (nSPS) is 18.1. The van der Waals surface area contributed by atoms with Crippen molar-refractivity contribution in [3.05, 3.63) is 35.1 Å². The highest BCUT2D eigenvalue weighted by molar-refractivity contribution is 5.67. The lowest BCUT2D eigenvalue weighted by Gasteiger charge is -2.23. The summed E-state index contributed by atoms with van der Waals surface area (Å²) in [4.78, 5) is 10.9. The molecule has 0 amide bonds. The van der Waals surface area contributed by atoms with Crippen LogP contribution in [0, 0.1) is 12.7 Å². The summed E-state index contributed by atoms with van der Waals surface area (Å²) in [6.45, 7) is 1.62. The van der Waals surface area contributed by atoms with Crippen molar-refractivity contribution in [1.82, 2.24) is 5.32 Å². The van der Waals surface area contributed by atoms with Gasteiger partial charge in [-0.3, -0.25) is 4.79 Å². The summed E-state index contributed by atoms with van der Waals surface area (Å²) in [7, 11) is 0. The minimum absolute atomic E-state index is 0.159. The molecule has 1 saturated carbocycles. The number of carboxylic acid groups (broad SMARTS) is 1. The van der Waals surface area contributed by atoms with Gasteiger partial charge in [-0.25, -0.2) is 4.39 Å². The molecule has 0 heterocycles. The third-order valence-corrected chi connectivity index (χ3v) is 3.33. The molecule has 5 heteroatoms. The first-order chi connectivity index (χ1) is 8.97. The quantitative estimate of drug-likeness (QED) is 0.734. The number of halogens is 1. The molecule has 1 aromatic rings. The highest BCUT2D eigenvalue weighted by atomic mass is 19.1. The molecule has 1 aliphatic carbocycles. The van der Waals surface area contributed by atoms with Crippen LogP contribution >= 0.6 is 0 Å². The molecule has 19 heavy (non-hydrogen) atoms. The van der Waals surface area contributed by atoms with Crippen molar-refractivity contribution in [2.75, 3.05) is 0 Å². The molecule has 1 aromatic carbocycles. The number of hydrogen-bond donors (Lipinski definition) is 3. The zero-order valence-electron chi connectivity index (χ0n) is 10.8. The Labute approximate surface area is 111 Å². The van der Waals surface area contributed by atoms with Gasteiger partial charge in [-0.1, -0.05) is 12.1 Å². The molecule has 104 valence electrons. The smallest absolute Gasteiger partial charge is 0.305 e. The van der Waals surface area contributed by atoms with Gasteiger partial charge < -0.3 is 15.5 Å². The van der Waals surface area contributed by atoms with Crippen molar-refractivity contribution in [3.8, 4) is 0 Å². The summed E-state index contributed by atoms with van der Waals surface area (Å²) in [5.41, 5.74) is 0.982. The number of aliphatic carboxylic acids is 1. The van der Waals surface area contributed by atoms with E-state index in [-0.39, 0.29) is 12.2 Å². The standard InChI is InChI=1S/C14H18FNO3/c1-8-6-9(2-5-11(8)15)14(19)12(7-13(17)18)16-10-3-4-10/h2,5-6,10,12,14,16,19H,3-4,7H2,1H3,(H,17,18). The minimum Gasteiger partial charge on any atom is -0.481 e. The van der Waals surface area contributed by atoms with E-state index in [0.717, 1.165) is 12.8 Å². The number of rotatable bonds is 6. The van der Waals surface area contributed by atoms with Crippen LogP contribution in [0.2, 0.25) is 0 Å². The van der Waals surface area contributed by atoms with Gasteiger partial charge in [0.15, 0.2) is 0 Å². The maximum absolute atomic E-state index is 13.2. The van der Waals surface area contributed by atoms with Crippen molar-refractivity contribution in [1.29, 1.82) is 0 Å². The largest absolute Gasteiger partial charge is 0.481 e. The molecule has 0 radical (unpaired) electrons. The van der Waals surface area contributed by atoms with Gasteiger partial charge in [-0.15, -0.1) is 0 Å². The average molecular weight is 267 g/mol. The van der Waals surface area contributed by atoms with Gasteiger partial charge in [-0.2, -0.15) is 0 Å². The lowest BCUT2D eigenvalue weighted by Crippen LogP contribution is -2.38. The van der Waals surface area contributed by atoms with Crippen molar-refractivity contribution in [2.45, 2.75) is 44.4 Å². The van der Waals surface area contributed by atoms with E-state index in [0.29, 0.717) is 17.2 Å². The predicted molar refractivity (Wildman–Crippen MR) is 68.3 cm³/mol. The average Bonchev–Trinajstić information content (AvgIpc) is 3.14. The molecule has 0 bridgehead atoms. The number of hydrogen-bond acceptors (Lipinski definition) is 3. The Morgan fingerprint density at radius 3 is 2.74 bits per heavy atom. The van der Waals surface area contributed by atoms with Gasteiger partial charge >= 0.3 is 5.97 Å². The molecular weight excluding hydrogens is 249 g/mol. The fourth-order valence-electron chi connectivity index (χ4n) is 2.09. The van der Waals surface area contributed by atoms with Crippen LogP contribution in [0.4, 0.5) is 4.39 Å². The molecule has 1 fully saturated rings. The van der Waals surface area contributed by atoms with Crippen LogP contribution in [0.1, 0.15) is 36.5 Å². The first kappa shape index (κ1) is 14.0. The Morgan fingerprint density at radius 1 is 1.53 bits per heavy atom. The topological polar surface area (TPSA) is 69.6 Å². The van der Waals surface area contributed by atoms with E-state index in [2.05, 4.69) is 5.32 Å². The Bertz CT molecular complexity index is 474. The van der Waals surface area contributed by atoms with E-state index in [1.165, 1.54) is 12.1 Å². The van der Waals surface area contributed by atoms with Gasteiger partial charge in [0.25, 0.3) is 0 Å². The Hall–Kier alpha value is -1.46. The highest BCUT2D eigenvalue weighted by Gasteiger charge is 2.30. The van der Waals surface area contributed by atoms with Gasteiger partial charge in [0.1, 0.15) is 5.82 Å². The maximum atomic E-state index is 13.2. The summed E-state index contributed by atoms with van der Waals surface area (Å²) in [6.07, 6.45) is 0.904. The number of carbonyl (C=O) groups is 1. The van der Waals surface area contributed by atoms with Crippen molar-refractivity contribution >= 4 is 5.97 Å². The van der Waals surface area contributed by atoms with Crippen molar-refractivity contribution in [3.63, 3.8) is 0 Å². The van der Waals surface area contributed by atoms with E-state index in [1.807, 2.05) is 0 Å². The zero-order chi connectivity index (χ0) is 14.0. The molecule has 2 atom stereocenters. The lowest BCUT2D eigenvalue weighted by molar-refractivity contribution is -0.138. The molecule has 0 aromatic heterocycles. The van der Waals surface area contributed by atoms with Gasteiger partial charge in [0, 0.05) is 12.1 Å². The molecule has 2 rings (SSSR count). The fraction of sp³-hybridized carbons (Fsp3) is 0.500. The Morgan fingerprint density at radius 2 is 2.21 bits per heavy atom. The van der Waals surface area contributed by atoms with Crippen LogP contribution in [-0.2, 0) is 4.79 Å². The van der Waals surface area contributed by atoms with Crippen molar-refractivity contribution < 1.29 is 19.4 Å². The van der Waals surface area contributed by atoms with Crippen LogP contribution in [0.15, 0.2) is 18.2 Å². The third kappa shape index (κ3) is 3.75. The zero-order valence-corrected chi connectivity index (χ0v) is 10.8. The van der Waals surface area contributed by atoms with Gasteiger partial charge in [-0.05, 0) is 37.0 Å². The number of aliphatic hydroxyl groups excluding tert-OH is 1. The summed E-state index contributed by atoms with van der Waals surface area (Å²) in [5.74, 6) is -1.29. The molecule has 0 saturated heterocycles. The Balaban J connectivity index is 2.13. The number of carboxylic acids is 1. The second-order valence-corrected chi connectivity index (χ2v) is 5.10. The second kappa shape index (κ2) is 5.67. The van der Waals surface area contributed by atoms with Crippen molar-refractivity contribution in [2.24, 2.45) is 0 Å². The summed E-state index contributed by atoms with van der Waals surface area (Å²) >= 11 is 0. The van der Waals surface area contributed by atoms with Gasteiger partial charge in [0.2, 0.25) is 0 Å². The molecule has 3 N–H and O–H groups in total. The summed E-state index contributed by atoms with van der Waals surface area (Å²) in [5, 5.41) is 22.3. The van der Waals surface area contributed by atoms with Crippen LogP contribution in [0.5, 0.6) is 0 Å². The Kier molecular flexibility index (Phi) is 4.17. The van der Waals surface area contributed by atoms with Crippen LogP contribution < -0.4 is 5.32 Å². The van der Waals surface area contributed by atoms with E-state index in [4.69, 9.17) is 5.11 Å². The molecule has 0 spiro atoms. The predicted octanol–water partition coefficient (Wildman–Crippen LogP) is 1.76. The summed E-state index contributed by atoms with van der Waals surface area (Å²) < 4.78 is 13.2. The number of benzene rings is 1. The molecule has 4 nitrogen and oxygen atoms in total. The van der Waals surface area contributed by atoms with E-state index < -0.39 is 18.1 Å². The number of nitrogens with one attached hydrogen (secondary N) is 1. The highest BCUT2D eigenvalue weighted by Crippen LogP contribution is 2.26. The third-order valence-electron chi connectivity index (χ3n) is 3.33. The van der Waals surface area contributed by atoms with Crippen LogP contribution in [-0.4, -0.2) is 28.3 Å². The summed E-state index contributed by atoms with van der Waals surface area (Å²) in [6, 6.07) is 4.10. The first-order valence-corrected chi connectivity index (χ1v) is 6.39. The van der Waals surface area contributed by atoms with Gasteiger partial charge in [0.05, 0.1) is 12.5 Å². The molecule has 0 aliphatic heterocycles. The molecule has 1 aliphatic rings. The van der Waals surface area contributed by atoms with E-state index in [9.17, 15) is 14.3 Å². The van der Waals surface area contributed by atoms with Crippen LogP contribution in [0.3, 0.4) is 0 Å². The molecule has 2 unspecified atom stereocenters. The maximum Gasteiger partial charge on any atom is 0.305 e. The second-order valence-electron chi connectivity index (χ2n) is 5.10. The first-order valence-electron chi connectivity index (χ1n) is 6.39. The van der Waals surface area contributed by atoms with Crippen LogP contribution in [0.25, 0.3) is 0 Å². The van der Waals surface area contributed by atoms with E-state index >= 15 is 0 Å². The molecular formula is C14H18FNO3. The van der Waals surface area contributed by atoms with E-state index in [1.54, 1.807) is 13.0 Å².